The Morgan fingerprint density at radius 2 is 1.72 bits per heavy atom. The van der Waals surface area contributed by atoms with Gasteiger partial charge in [-0.15, -0.1) is 0 Å². The molecule has 0 unspecified atom stereocenters. The lowest BCUT2D eigenvalue weighted by atomic mass is 9.99. The molecule has 11 nitrogen and oxygen atoms in total. The van der Waals surface area contributed by atoms with Crippen LogP contribution in [-0.4, -0.2) is 35.0 Å². The molecule has 0 fully saturated rings. The highest BCUT2D eigenvalue weighted by molar-refractivity contribution is 8.00. The number of amides is 1. The predicted molar refractivity (Wildman–Crippen MR) is 150 cm³/mol. The topological polar surface area (TPSA) is 188 Å². The van der Waals surface area contributed by atoms with E-state index in [2.05, 4.69) is 31.1 Å². The van der Waals surface area contributed by atoms with Crippen molar-refractivity contribution in [3.8, 4) is 23.3 Å². The number of rotatable bonds is 8. The number of thioether (sulfide) groups is 1. The van der Waals surface area contributed by atoms with Crippen LogP contribution in [0.3, 0.4) is 0 Å². The largest absolute Gasteiger partial charge is 0.383 e. The lowest BCUT2D eigenvalue weighted by molar-refractivity contribution is -0.113. The minimum absolute atomic E-state index is 0.0298. The summed E-state index contributed by atoms with van der Waals surface area (Å²) in [5.74, 6) is -0.583. The molecule has 0 aliphatic carbocycles. The van der Waals surface area contributed by atoms with Gasteiger partial charge in [-0.05, 0) is 66.6 Å². The third kappa shape index (κ3) is 6.32. The van der Waals surface area contributed by atoms with E-state index in [4.69, 9.17) is 5.73 Å². The third-order valence-electron chi connectivity index (χ3n) is 5.22. The fraction of sp³-hybridized carbons (Fsp3) is 0.120. The van der Waals surface area contributed by atoms with Gasteiger partial charge >= 0.3 is 0 Å². The number of nitrogen functional groups attached to an aromatic ring is 1. The van der Waals surface area contributed by atoms with Crippen LogP contribution in [0.15, 0.2) is 57.1 Å². The van der Waals surface area contributed by atoms with Gasteiger partial charge in [-0.2, -0.15) is 21.9 Å². The van der Waals surface area contributed by atoms with E-state index < -0.39 is 15.9 Å². The molecule has 4 rings (SSSR count). The van der Waals surface area contributed by atoms with Gasteiger partial charge in [0, 0.05) is 22.6 Å². The van der Waals surface area contributed by atoms with Gasteiger partial charge in [0.2, 0.25) is 11.9 Å². The number of pyridine rings is 1. The highest BCUT2D eigenvalue weighted by Crippen LogP contribution is 2.36. The zero-order chi connectivity index (χ0) is 28.2. The number of carbonyl (C=O) groups is 1. The molecule has 0 saturated heterocycles. The molecule has 0 bridgehead atoms. The maximum absolute atomic E-state index is 12.7. The van der Waals surface area contributed by atoms with E-state index in [0.29, 0.717) is 28.2 Å². The Hall–Kier alpha value is -4.50. The number of aryl methyl sites for hydroxylation is 2. The molecule has 39 heavy (non-hydrogen) atoms. The first-order valence-electron chi connectivity index (χ1n) is 11.2. The maximum Gasteiger partial charge on any atom is 0.264 e. The van der Waals surface area contributed by atoms with Crippen molar-refractivity contribution < 1.29 is 13.2 Å². The van der Waals surface area contributed by atoms with Crippen LogP contribution in [0.1, 0.15) is 22.5 Å². The van der Waals surface area contributed by atoms with E-state index in [9.17, 15) is 23.7 Å². The van der Waals surface area contributed by atoms with Crippen molar-refractivity contribution >= 4 is 56.5 Å². The molecule has 1 aromatic carbocycles. The second-order valence-corrected chi connectivity index (χ2v) is 11.5. The van der Waals surface area contributed by atoms with Crippen molar-refractivity contribution in [3.05, 3.63) is 69.7 Å². The number of carbonyl (C=O) groups excluding carboxylic acids is 1. The minimum atomic E-state index is -3.94. The Bertz CT molecular complexity index is 1720. The average Bonchev–Trinajstić information content (AvgIpc) is 3.41. The van der Waals surface area contributed by atoms with Crippen LogP contribution in [0.25, 0.3) is 11.1 Å². The Labute approximate surface area is 232 Å². The second kappa shape index (κ2) is 11.5. The summed E-state index contributed by atoms with van der Waals surface area (Å²) < 4.78 is 27.8. The number of thiophene rings is 1. The maximum atomic E-state index is 12.7. The monoisotopic (exact) mass is 576 g/mol. The zero-order valence-corrected chi connectivity index (χ0v) is 23.0. The summed E-state index contributed by atoms with van der Waals surface area (Å²) in [7, 11) is -3.94. The number of aromatic nitrogens is 3. The Kier molecular flexibility index (Phi) is 8.11. The molecular weight excluding hydrogens is 557 g/mol. The van der Waals surface area contributed by atoms with Crippen molar-refractivity contribution in [1.82, 2.24) is 15.0 Å². The second-order valence-electron chi connectivity index (χ2n) is 8.10. The van der Waals surface area contributed by atoms with Gasteiger partial charge in [-0.25, -0.2) is 28.1 Å². The molecule has 4 N–H and O–H groups in total. The Balaban J connectivity index is 1.46. The van der Waals surface area contributed by atoms with Crippen molar-refractivity contribution in [2.24, 2.45) is 0 Å². The minimum Gasteiger partial charge on any atom is -0.383 e. The summed E-state index contributed by atoms with van der Waals surface area (Å²) in [5, 5.41) is 25.9. The first-order chi connectivity index (χ1) is 18.6. The number of nitrogens with two attached hydrogens (primary N) is 1. The molecule has 0 atom stereocenters. The normalized spacial score (nSPS) is 10.9. The number of anilines is 3. The van der Waals surface area contributed by atoms with Gasteiger partial charge in [-0.3, -0.25) is 4.79 Å². The summed E-state index contributed by atoms with van der Waals surface area (Å²) in [6, 6.07) is 13.2. The van der Waals surface area contributed by atoms with Crippen LogP contribution >= 0.6 is 23.1 Å². The Morgan fingerprint density at radius 1 is 1.05 bits per heavy atom. The van der Waals surface area contributed by atoms with E-state index in [0.717, 1.165) is 11.8 Å². The number of hydrogen-bond acceptors (Lipinski definition) is 11. The molecule has 0 spiro atoms. The van der Waals surface area contributed by atoms with Gasteiger partial charge < -0.3 is 11.1 Å². The first kappa shape index (κ1) is 27.5. The van der Waals surface area contributed by atoms with Gasteiger partial charge in [-0.1, -0.05) is 11.8 Å². The SMILES string of the molecule is Cc1cc(C)nc(NS(=O)(=O)c2ccc(NC(=O)CSc3nc(N)c(C#N)c(-c4ccsc4)c3C#N)cc2)n1. The summed E-state index contributed by atoms with van der Waals surface area (Å²) in [4.78, 5) is 24.9. The van der Waals surface area contributed by atoms with Crippen LogP contribution in [-0.2, 0) is 14.8 Å². The van der Waals surface area contributed by atoms with Crippen LogP contribution in [0.4, 0.5) is 17.5 Å². The Morgan fingerprint density at radius 3 is 2.31 bits per heavy atom. The van der Waals surface area contributed by atoms with E-state index in [-0.39, 0.29) is 38.6 Å². The highest BCUT2D eigenvalue weighted by atomic mass is 32.2. The summed E-state index contributed by atoms with van der Waals surface area (Å²) in [5.41, 5.74) is 8.92. The molecule has 0 aliphatic rings. The number of sulfonamides is 1. The quantitative estimate of drug-likeness (QED) is 0.258. The van der Waals surface area contributed by atoms with Crippen molar-refractivity contribution in [3.63, 3.8) is 0 Å². The molecule has 3 aromatic heterocycles. The number of nitrogens with zero attached hydrogens (tertiary/aromatic N) is 5. The van der Waals surface area contributed by atoms with Crippen LogP contribution in [0, 0.1) is 36.5 Å². The highest BCUT2D eigenvalue weighted by Gasteiger charge is 2.22. The smallest absolute Gasteiger partial charge is 0.264 e. The predicted octanol–water partition coefficient (Wildman–Crippen LogP) is 4.07. The fourth-order valence-corrected chi connectivity index (χ4v) is 5.98. The van der Waals surface area contributed by atoms with Gasteiger partial charge in [0.1, 0.15) is 28.5 Å². The molecule has 0 radical (unpaired) electrons. The lowest BCUT2D eigenvalue weighted by Crippen LogP contribution is -2.17. The lowest BCUT2D eigenvalue weighted by Gasteiger charge is -2.12. The van der Waals surface area contributed by atoms with Gasteiger partial charge in [0.05, 0.1) is 16.2 Å². The van der Waals surface area contributed by atoms with Crippen molar-refractivity contribution in [2.75, 3.05) is 21.5 Å². The number of nitrogens with one attached hydrogen (secondary N) is 2. The van der Waals surface area contributed by atoms with Crippen molar-refractivity contribution in [1.29, 1.82) is 10.5 Å². The number of nitriles is 2. The third-order valence-corrected chi connectivity index (χ3v) is 8.22. The number of benzene rings is 1. The first-order valence-corrected chi connectivity index (χ1v) is 14.6. The molecule has 3 heterocycles. The number of hydrogen-bond donors (Lipinski definition) is 3. The van der Waals surface area contributed by atoms with Gasteiger partial charge in [0.25, 0.3) is 10.0 Å². The molecular formula is C25H20N8O3S3. The molecule has 0 saturated carbocycles. The van der Waals surface area contributed by atoms with E-state index in [1.165, 1.54) is 35.6 Å². The molecule has 4 aromatic rings. The van der Waals surface area contributed by atoms with Gasteiger partial charge in [0.15, 0.2) is 0 Å². The molecule has 196 valence electrons. The standard InChI is InChI=1S/C25H20N8O3S3/c1-14-9-15(2)30-25(29-14)33-39(35,36)18-5-3-17(4-6-18)31-21(34)13-38-24-20(11-27)22(16-7-8-37-12-16)19(10-26)23(28)32-24/h3-9,12H,13H2,1-2H3,(H2,28,32)(H,31,34)(H,29,30,33). The van der Waals surface area contributed by atoms with E-state index in [1.807, 2.05) is 11.4 Å². The van der Waals surface area contributed by atoms with Crippen LogP contribution in [0.2, 0.25) is 0 Å². The van der Waals surface area contributed by atoms with Crippen LogP contribution in [0.5, 0.6) is 0 Å². The van der Waals surface area contributed by atoms with Crippen LogP contribution < -0.4 is 15.8 Å². The summed E-state index contributed by atoms with van der Waals surface area (Å²) in [6.45, 7) is 3.47. The molecule has 14 heteroatoms. The fourth-order valence-electron chi connectivity index (χ4n) is 3.60. The summed E-state index contributed by atoms with van der Waals surface area (Å²) in [6.07, 6.45) is 0. The van der Waals surface area contributed by atoms with Crippen molar-refractivity contribution in [2.45, 2.75) is 23.8 Å². The summed E-state index contributed by atoms with van der Waals surface area (Å²) >= 11 is 2.41. The average molecular weight is 577 g/mol. The zero-order valence-electron chi connectivity index (χ0n) is 20.6. The van der Waals surface area contributed by atoms with E-state index >= 15 is 0 Å². The molecule has 0 aliphatic heterocycles. The van der Waals surface area contributed by atoms with E-state index in [1.54, 1.807) is 31.4 Å². The molecule has 1 amide bonds.